The molecule has 1 aromatic heterocycles. The van der Waals surface area contributed by atoms with Crippen LogP contribution in [0.4, 0.5) is 0 Å². The predicted molar refractivity (Wildman–Crippen MR) is 82.9 cm³/mol. The highest BCUT2D eigenvalue weighted by Gasteiger charge is 2.47. The van der Waals surface area contributed by atoms with Crippen molar-refractivity contribution in [3.8, 4) is 0 Å². The van der Waals surface area contributed by atoms with Crippen molar-refractivity contribution in [3.05, 3.63) is 41.2 Å². The van der Waals surface area contributed by atoms with Crippen molar-refractivity contribution in [2.45, 2.75) is 32.7 Å². The molecule has 116 valence electrons. The van der Waals surface area contributed by atoms with E-state index < -0.39 is 0 Å². The SMILES string of the molecule is Cc1ccc[n+](CCCN2C(=O)[C@H]3CC(Cl)=CC[C@H]3C2=O)c1. The lowest BCUT2D eigenvalue weighted by molar-refractivity contribution is -0.697. The van der Waals surface area contributed by atoms with Gasteiger partial charge in [-0.3, -0.25) is 14.5 Å². The fraction of sp³-hybridized carbons (Fsp3) is 0.471. The van der Waals surface area contributed by atoms with E-state index in [1.165, 1.54) is 10.5 Å². The summed E-state index contributed by atoms with van der Waals surface area (Å²) in [6.07, 6.45) is 7.82. The van der Waals surface area contributed by atoms with Crippen molar-refractivity contribution in [2.75, 3.05) is 6.54 Å². The van der Waals surface area contributed by atoms with Gasteiger partial charge in [0.25, 0.3) is 0 Å². The monoisotopic (exact) mass is 319 g/mol. The van der Waals surface area contributed by atoms with Gasteiger partial charge >= 0.3 is 0 Å². The van der Waals surface area contributed by atoms with E-state index in [0.717, 1.165) is 13.0 Å². The summed E-state index contributed by atoms with van der Waals surface area (Å²) in [6, 6.07) is 4.05. The zero-order valence-corrected chi connectivity index (χ0v) is 13.4. The molecular weight excluding hydrogens is 300 g/mol. The van der Waals surface area contributed by atoms with E-state index >= 15 is 0 Å². The predicted octanol–water partition coefficient (Wildman–Crippen LogP) is 2.19. The Labute approximate surface area is 135 Å². The van der Waals surface area contributed by atoms with Crippen LogP contribution in [0.25, 0.3) is 0 Å². The highest BCUT2D eigenvalue weighted by atomic mass is 35.5. The number of hydrogen-bond acceptors (Lipinski definition) is 2. The second-order valence-electron chi connectivity index (χ2n) is 6.10. The van der Waals surface area contributed by atoms with Crippen LogP contribution in [0.3, 0.4) is 0 Å². The smallest absolute Gasteiger partial charge is 0.233 e. The fourth-order valence-corrected chi connectivity index (χ4v) is 3.58. The Hall–Kier alpha value is -1.68. The number of imide groups is 1. The van der Waals surface area contributed by atoms with Gasteiger partial charge in [0.15, 0.2) is 12.4 Å². The molecule has 22 heavy (non-hydrogen) atoms. The molecule has 2 aliphatic rings. The van der Waals surface area contributed by atoms with Gasteiger partial charge in [-0.15, -0.1) is 0 Å². The van der Waals surface area contributed by atoms with E-state index in [9.17, 15) is 9.59 Å². The van der Waals surface area contributed by atoms with Gasteiger partial charge in [-0.1, -0.05) is 17.7 Å². The van der Waals surface area contributed by atoms with Crippen molar-refractivity contribution in [2.24, 2.45) is 11.8 Å². The normalized spacial score (nSPS) is 24.5. The molecule has 0 N–H and O–H groups in total. The summed E-state index contributed by atoms with van der Waals surface area (Å²) in [5.41, 5.74) is 1.20. The van der Waals surface area contributed by atoms with Crippen LogP contribution >= 0.6 is 11.6 Å². The van der Waals surface area contributed by atoms with Gasteiger partial charge in [0.1, 0.15) is 6.54 Å². The summed E-state index contributed by atoms with van der Waals surface area (Å²) >= 11 is 6.02. The van der Waals surface area contributed by atoms with Crippen LogP contribution in [0.1, 0.15) is 24.8 Å². The number of hydrogen-bond donors (Lipinski definition) is 0. The first-order valence-electron chi connectivity index (χ1n) is 7.71. The second-order valence-corrected chi connectivity index (χ2v) is 6.59. The van der Waals surface area contributed by atoms with Gasteiger partial charge in [-0.05, 0) is 25.8 Å². The van der Waals surface area contributed by atoms with Crippen molar-refractivity contribution in [1.82, 2.24) is 4.90 Å². The molecule has 0 saturated carbocycles. The zero-order valence-electron chi connectivity index (χ0n) is 12.7. The van der Waals surface area contributed by atoms with Crippen molar-refractivity contribution >= 4 is 23.4 Å². The first-order chi connectivity index (χ1) is 10.6. The largest absolute Gasteiger partial charge is 0.282 e. The number of carbonyl (C=O) groups is 2. The van der Waals surface area contributed by atoms with E-state index in [1.54, 1.807) is 0 Å². The molecular formula is C17H20ClN2O2+. The number of nitrogens with zero attached hydrogens (tertiary/aromatic N) is 2. The Balaban J connectivity index is 1.59. The van der Waals surface area contributed by atoms with E-state index in [1.807, 2.05) is 31.3 Å². The Morgan fingerprint density at radius 1 is 1.32 bits per heavy atom. The summed E-state index contributed by atoms with van der Waals surface area (Å²) < 4.78 is 2.09. The lowest BCUT2D eigenvalue weighted by atomic mass is 9.85. The molecule has 0 unspecified atom stereocenters. The molecule has 4 nitrogen and oxygen atoms in total. The minimum atomic E-state index is -0.239. The highest BCUT2D eigenvalue weighted by molar-refractivity contribution is 6.30. The highest BCUT2D eigenvalue weighted by Crippen LogP contribution is 2.38. The summed E-state index contributed by atoms with van der Waals surface area (Å²) in [7, 11) is 0. The molecule has 0 bridgehead atoms. The Kier molecular flexibility index (Phi) is 4.30. The number of halogens is 1. The minimum Gasteiger partial charge on any atom is -0.282 e. The molecule has 1 saturated heterocycles. The molecule has 1 aliphatic heterocycles. The van der Waals surface area contributed by atoms with Crippen LogP contribution in [-0.4, -0.2) is 23.3 Å². The van der Waals surface area contributed by atoms with Gasteiger partial charge in [0, 0.05) is 29.6 Å². The average molecular weight is 320 g/mol. The lowest BCUT2D eigenvalue weighted by Gasteiger charge is -2.17. The molecule has 0 radical (unpaired) electrons. The molecule has 0 aromatic carbocycles. The lowest BCUT2D eigenvalue weighted by Crippen LogP contribution is -2.37. The van der Waals surface area contributed by atoms with Gasteiger partial charge in [-0.25, -0.2) is 4.57 Å². The van der Waals surface area contributed by atoms with Gasteiger partial charge in [-0.2, -0.15) is 0 Å². The van der Waals surface area contributed by atoms with E-state index in [2.05, 4.69) is 10.8 Å². The van der Waals surface area contributed by atoms with Crippen molar-refractivity contribution in [3.63, 3.8) is 0 Å². The zero-order chi connectivity index (χ0) is 15.7. The number of aryl methyl sites for hydroxylation is 2. The number of allylic oxidation sites excluding steroid dienone is 2. The summed E-state index contributed by atoms with van der Waals surface area (Å²) in [5.74, 6) is -0.501. The third-order valence-corrected chi connectivity index (χ3v) is 4.77. The van der Waals surface area contributed by atoms with E-state index in [0.29, 0.717) is 24.4 Å². The van der Waals surface area contributed by atoms with E-state index in [4.69, 9.17) is 11.6 Å². The maximum atomic E-state index is 12.4. The third-order valence-electron chi connectivity index (χ3n) is 4.46. The molecule has 1 aliphatic carbocycles. The summed E-state index contributed by atoms with van der Waals surface area (Å²) in [5, 5.41) is 0.708. The number of rotatable bonds is 4. The Morgan fingerprint density at radius 2 is 2.09 bits per heavy atom. The molecule has 2 amide bonds. The molecule has 1 fully saturated rings. The van der Waals surface area contributed by atoms with E-state index in [-0.39, 0.29) is 23.7 Å². The van der Waals surface area contributed by atoms with Crippen LogP contribution in [0.2, 0.25) is 0 Å². The fourth-order valence-electron chi connectivity index (χ4n) is 3.32. The standard InChI is InChI=1S/C17H20ClN2O2/c1-12-4-2-7-19(11-12)8-3-9-20-16(21)14-6-5-13(18)10-15(14)17(20)22/h2,4-5,7,11,14-15H,3,6,8-10H2,1H3/q+1/t14-,15+/m1/s1. The Morgan fingerprint density at radius 3 is 2.86 bits per heavy atom. The number of likely N-dealkylation sites (tertiary alicyclic amines) is 1. The summed E-state index contributed by atoms with van der Waals surface area (Å²) in [6.45, 7) is 3.34. The molecule has 2 atom stereocenters. The average Bonchev–Trinajstić information content (AvgIpc) is 2.72. The quantitative estimate of drug-likeness (QED) is 0.630. The molecule has 3 rings (SSSR count). The number of carbonyl (C=O) groups excluding carboxylic acids is 2. The van der Waals surface area contributed by atoms with Crippen LogP contribution < -0.4 is 4.57 Å². The van der Waals surface area contributed by atoms with Gasteiger partial charge in [0.05, 0.1) is 11.8 Å². The minimum absolute atomic E-state index is 0.0235. The summed E-state index contributed by atoms with van der Waals surface area (Å²) in [4.78, 5) is 26.2. The second kappa shape index (κ2) is 6.21. The number of aromatic nitrogens is 1. The first-order valence-corrected chi connectivity index (χ1v) is 8.09. The molecule has 5 heteroatoms. The number of amides is 2. The molecule has 2 heterocycles. The molecule has 0 spiro atoms. The van der Waals surface area contributed by atoms with Crippen molar-refractivity contribution < 1.29 is 14.2 Å². The van der Waals surface area contributed by atoms with Crippen LogP contribution in [0, 0.1) is 18.8 Å². The van der Waals surface area contributed by atoms with Crippen molar-refractivity contribution in [1.29, 1.82) is 0 Å². The number of pyridine rings is 1. The van der Waals surface area contributed by atoms with Gasteiger partial charge < -0.3 is 0 Å². The maximum absolute atomic E-state index is 12.4. The van der Waals surface area contributed by atoms with Crippen LogP contribution in [0.5, 0.6) is 0 Å². The van der Waals surface area contributed by atoms with Crippen LogP contribution in [-0.2, 0) is 16.1 Å². The third kappa shape index (κ3) is 2.93. The topological polar surface area (TPSA) is 41.3 Å². The van der Waals surface area contributed by atoms with Gasteiger partial charge in [0.2, 0.25) is 11.8 Å². The maximum Gasteiger partial charge on any atom is 0.233 e. The first kappa shape index (κ1) is 15.2. The van der Waals surface area contributed by atoms with Crippen LogP contribution in [0.15, 0.2) is 35.6 Å². The number of fused-ring (bicyclic) bond motifs is 1. The molecule has 1 aromatic rings. The Bertz CT molecular complexity index is 641.